The molecule has 14 heavy (non-hydrogen) atoms. The van der Waals surface area contributed by atoms with Crippen LogP contribution in [0.2, 0.25) is 0 Å². The zero-order valence-electron chi connectivity index (χ0n) is 8.27. The highest BCUT2D eigenvalue weighted by Gasteiger charge is 2.18. The summed E-state index contributed by atoms with van der Waals surface area (Å²) in [6.45, 7) is 5.37. The summed E-state index contributed by atoms with van der Waals surface area (Å²) in [5.74, 6) is 1.70. The van der Waals surface area contributed by atoms with Crippen molar-refractivity contribution in [3.05, 3.63) is 42.2 Å². The van der Waals surface area contributed by atoms with Crippen molar-refractivity contribution < 1.29 is 13.6 Å². The van der Waals surface area contributed by atoms with Gasteiger partial charge in [-0.15, -0.1) is 0 Å². The minimum Gasteiger partial charge on any atom is -0.422 e. The van der Waals surface area contributed by atoms with E-state index < -0.39 is 7.60 Å². The molecule has 0 heterocycles. The van der Waals surface area contributed by atoms with Gasteiger partial charge in [0.1, 0.15) is 5.75 Å². The Morgan fingerprint density at radius 1 is 1.36 bits per heavy atom. The van der Waals surface area contributed by atoms with Crippen LogP contribution in [0.4, 0.5) is 0 Å². The van der Waals surface area contributed by atoms with Gasteiger partial charge in [-0.3, -0.25) is 0 Å². The zero-order valence-corrected chi connectivity index (χ0v) is 9.16. The normalized spacial score (nSPS) is 14.4. The third-order valence-electron chi connectivity index (χ3n) is 1.73. The number of rotatable bonds is 4. The first kappa shape index (κ1) is 11.0. The second-order valence-electron chi connectivity index (χ2n) is 2.81. The molecule has 1 rings (SSSR count). The van der Waals surface area contributed by atoms with Gasteiger partial charge < -0.3 is 9.05 Å². The van der Waals surface area contributed by atoms with Crippen LogP contribution in [0.3, 0.4) is 0 Å². The number of benzene rings is 1. The fraction of sp³-hybridized carbons (Fsp3) is 0.200. The van der Waals surface area contributed by atoms with E-state index >= 15 is 0 Å². The van der Waals surface area contributed by atoms with Crippen LogP contribution in [0.25, 0.3) is 0 Å². The Hall–Kier alpha value is -1.05. The van der Waals surface area contributed by atoms with Crippen LogP contribution in [-0.4, -0.2) is 7.11 Å². The van der Waals surface area contributed by atoms with E-state index in [-0.39, 0.29) is 0 Å². The van der Waals surface area contributed by atoms with Gasteiger partial charge in [-0.2, -0.15) is 0 Å². The lowest BCUT2D eigenvalue weighted by Gasteiger charge is -2.12. The van der Waals surface area contributed by atoms with Crippen molar-refractivity contribution in [1.29, 1.82) is 0 Å². The highest BCUT2D eigenvalue weighted by molar-refractivity contribution is 7.57. The summed E-state index contributed by atoms with van der Waals surface area (Å²) in [6, 6.07) is 7.23. The maximum absolute atomic E-state index is 11.6. The lowest BCUT2D eigenvalue weighted by atomic mass is 10.2. The van der Waals surface area contributed by atoms with Gasteiger partial charge in [-0.05, 0) is 19.1 Å². The zero-order chi connectivity index (χ0) is 10.6. The summed E-state index contributed by atoms with van der Waals surface area (Å²) < 4.78 is 21.5. The van der Waals surface area contributed by atoms with Crippen molar-refractivity contribution in [2.24, 2.45) is 0 Å². The molecule has 1 aromatic rings. The van der Waals surface area contributed by atoms with E-state index in [1.807, 2.05) is 19.1 Å². The second kappa shape index (κ2) is 4.45. The van der Waals surface area contributed by atoms with Gasteiger partial charge in [0.15, 0.2) is 0 Å². The van der Waals surface area contributed by atoms with Crippen molar-refractivity contribution in [1.82, 2.24) is 0 Å². The lowest BCUT2D eigenvalue weighted by Crippen LogP contribution is -1.91. The van der Waals surface area contributed by atoms with Crippen LogP contribution >= 0.6 is 7.60 Å². The van der Waals surface area contributed by atoms with E-state index in [1.165, 1.54) is 12.9 Å². The Bertz CT molecular complexity index is 356. The molecular weight excluding hydrogens is 199 g/mol. The molecule has 0 N–H and O–H groups in total. The van der Waals surface area contributed by atoms with E-state index in [1.54, 1.807) is 12.1 Å². The van der Waals surface area contributed by atoms with E-state index in [2.05, 4.69) is 6.58 Å². The monoisotopic (exact) mass is 212 g/mol. The predicted molar refractivity (Wildman–Crippen MR) is 56.6 cm³/mol. The van der Waals surface area contributed by atoms with E-state index in [0.717, 1.165) is 5.56 Å². The molecule has 0 radical (unpaired) electrons. The predicted octanol–water partition coefficient (Wildman–Crippen LogP) is 3.36. The lowest BCUT2D eigenvalue weighted by molar-refractivity contribution is 0.333. The third kappa shape index (κ3) is 2.72. The summed E-state index contributed by atoms with van der Waals surface area (Å²) in [4.78, 5) is 0. The van der Waals surface area contributed by atoms with Gasteiger partial charge in [0.2, 0.25) is 0 Å². The number of aryl methyl sites for hydroxylation is 1. The van der Waals surface area contributed by atoms with Crippen LogP contribution in [0, 0.1) is 6.92 Å². The van der Waals surface area contributed by atoms with Crippen molar-refractivity contribution in [3.63, 3.8) is 0 Å². The van der Waals surface area contributed by atoms with Gasteiger partial charge in [0.05, 0.1) is 0 Å². The first-order valence-electron chi connectivity index (χ1n) is 4.15. The summed E-state index contributed by atoms with van der Waals surface area (Å²) in [5, 5.41) is 0. The fourth-order valence-electron chi connectivity index (χ4n) is 0.895. The fourth-order valence-corrected chi connectivity index (χ4v) is 1.61. The molecule has 0 aliphatic carbocycles. The molecule has 0 aliphatic heterocycles. The van der Waals surface area contributed by atoms with E-state index in [9.17, 15) is 4.57 Å². The van der Waals surface area contributed by atoms with Crippen molar-refractivity contribution in [2.45, 2.75) is 6.92 Å². The molecule has 1 aromatic carbocycles. The van der Waals surface area contributed by atoms with Crippen LogP contribution in [-0.2, 0) is 9.09 Å². The van der Waals surface area contributed by atoms with E-state index in [0.29, 0.717) is 5.75 Å². The molecule has 0 aliphatic rings. The highest BCUT2D eigenvalue weighted by atomic mass is 31.2. The summed E-state index contributed by atoms with van der Waals surface area (Å²) >= 11 is 0. The Morgan fingerprint density at radius 2 is 1.93 bits per heavy atom. The molecule has 0 aromatic heterocycles. The quantitative estimate of drug-likeness (QED) is 0.718. The summed E-state index contributed by atoms with van der Waals surface area (Å²) in [5.41, 5.74) is 1.11. The van der Waals surface area contributed by atoms with Crippen LogP contribution in [0.15, 0.2) is 36.7 Å². The average molecular weight is 212 g/mol. The summed E-state index contributed by atoms with van der Waals surface area (Å²) in [6.07, 6.45) is 0. The SMILES string of the molecule is C=CP(=O)(OC)Oc1ccc(C)cc1. The summed E-state index contributed by atoms with van der Waals surface area (Å²) in [7, 11) is -1.82. The molecule has 3 nitrogen and oxygen atoms in total. The first-order valence-corrected chi connectivity index (χ1v) is 5.76. The van der Waals surface area contributed by atoms with Gasteiger partial charge in [-0.1, -0.05) is 24.3 Å². The average Bonchev–Trinajstić information content (AvgIpc) is 2.21. The Kier molecular flexibility index (Phi) is 3.50. The Labute approximate surface area is 83.9 Å². The highest BCUT2D eigenvalue weighted by Crippen LogP contribution is 2.48. The van der Waals surface area contributed by atoms with Gasteiger partial charge in [0, 0.05) is 12.9 Å². The molecule has 0 amide bonds. The molecular formula is C10H13O3P. The minimum atomic E-state index is -3.15. The molecule has 0 saturated heterocycles. The molecule has 4 heteroatoms. The van der Waals surface area contributed by atoms with Crippen LogP contribution < -0.4 is 4.52 Å². The standard InChI is InChI=1S/C10H13O3P/c1-4-14(11,12-3)13-10-7-5-9(2)6-8-10/h4-8H,1H2,2-3H3. The molecule has 1 atom stereocenters. The molecule has 0 fully saturated rings. The van der Waals surface area contributed by atoms with Gasteiger partial charge in [-0.25, -0.2) is 4.57 Å². The third-order valence-corrected chi connectivity index (χ3v) is 3.15. The van der Waals surface area contributed by atoms with Gasteiger partial charge >= 0.3 is 7.60 Å². The maximum atomic E-state index is 11.6. The molecule has 0 saturated carbocycles. The number of hydrogen-bond donors (Lipinski definition) is 0. The largest absolute Gasteiger partial charge is 0.422 e. The smallest absolute Gasteiger partial charge is 0.402 e. The van der Waals surface area contributed by atoms with E-state index in [4.69, 9.17) is 9.05 Å². The van der Waals surface area contributed by atoms with Crippen molar-refractivity contribution >= 4 is 7.60 Å². The van der Waals surface area contributed by atoms with Crippen LogP contribution in [0.1, 0.15) is 5.56 Å². The molecule has 1 unspecified atom stereocenters. The Morgan fingerprint density at radius 3 is 2.36 bits per heavy atom. The second-order valence-corrected chi connectivity index (χ2v) is 4.80. The topological polar surface area (TPSA) is 35.5 Å². The molecule has 76 valence electrons. The minimum absolute atomic E-state index is 0.515. The van der Waals surface area contributed by atoms with Crippen molar-refractivity contribution in [2.75, 3.05) is 7.11 Å². The first-order chi connectivity index (χ1) is 6.59. The maximum Gasteiger partial charge on any atom is 0.402 e. The molecule has 0 bridgehead atoms. The number of hydrogen-bond acceptors (Lipinski definition) is 3. The van der Waals surface area contributed by atoms with Crippen LogP contribution in [0.5, 0.6) is 5.75 Å². The van der Waals surface area contributed by atoms with Crippen molar-refractivity contribution in [3.8, 4) is 5.75 Å². The Balaban J connectivity index is 2.83. The van der Waals surface area contributed by atoms with Gasteiger partial charge in [0.25, 0.3) is 0 Å². The molecule has 0 spiro atoms.